The van der Waals surface area contributed by atoms with Gasteiger partial charge in [0.25, 0.3) is 0 Å². The van der Waals surface area contributed by atoms with Crippen molar-refractivity contribution in [1.29, 1.82) is 10.5 Å². The molecule has 0 amide bonds. The molecule has 0 saturated heterocycles. The second kappa shape index (κ2) is 21.3. The van der Waals surface area contributed by atoms with Gasteiger partial charge in [0.15, 0.2) is 36.9 Å². The number of nitrogens with zero attached hydrogens (tertiary/aromatic N) is 8. The van der Waals surface area contributed by atoms with Gasteiger partial charge in [0.1, 0.15) is 0 Å². The summed E-state index contributed by atoms with van der Waals surface area (Å²) in [5.41, 5.74) is 11.7. The molecule has 11 aromatic carbocycles. The van der Waals surface area contributed by atoms with Crippen molar-refractivity contribution in [1.82, 2.24) is 19.5 Å². The van der Waals surface area contributed by atoms with E-state index in [1.165, 1.54) is 20.7 Å². The standard InChI is InChI=1S/C73H44N8Si/c1-76-58-40-57(41-59(45-58)77-2)54-32-35-66-65-34-31-53(56-38-49(47-74)37-50(39-56)48-75)43-69(65)81(70(66)44-54)60-33-36-67(73-79-71(51-19-8-3-9-20-51)78-72(80-73)52-21-10-4-11-22-52)68(46-60)55-23-18-30-64(42-55)82(61-24-12-5-13-25-61,62-26-14-6-15-27-62)63-28-16-7-17-29-63/h3-46H. The Kier molecular flexibility index (Phi) is 13.0. The lowest BCUT2D eigenvalue weighted by atomic mass is 9.97. The van der Waals surface area contributed by atoms with Gasteiger partial charge in [-0.15, -0.1) is 0 Å². The van der Waals surface area contributed by atoms with Crippen molar-refractivity contribution in [3.63, 3.8) is 0 Å². The van der Waals surface area contributed by atoms with Crippen LogP contribution in [-0.4, -0.2) is 27.6 Å². The number of fused-ring (bicyclic) bond motifs is 3. The molecule has 8 nitrogen and oxygen atoms in total. The first-order valence-corrected chi connectivity index (χ1v) is 28.7. The summed E-state index contributed by atoms with van der Waals surface area (Å²) < 4.78 is 2.26. The first-order valence-electron chi connectivity index (χ1n) is 26.7. The molecule has 0 spiro atoms. The fraction of sp³-hybridized carbons (Fsp3) is 0. The third-order valence-corrected chi connectivity index (χ3v) is 20.0. The Morgan fingerprint density at radius 1 is 0.341 bits per heavy atom. The van der Waals surface area contributed by atoms with E-state index >= 15 is 0 Å². The highest BCUT2D eigenvalue weighted by Crippen LogP contribution is 2.41. The molecule has 2 heterocycles. The first-order chi connectivity index (χ1) is 40.4. The van der Waals surface area contributed by atoms with E-state index in [0.29, 0.717) is 40.0 Å². The van der Waals surface area contributed by atoms with E-state index in [0.717, 1.165) is 77.6 Å². The molecule has 0 fully saturated rings. The van der Waals surface area contributed by atoms with Crippen LogP contribution in [0.4, 0.5) is 11.4 Å². The van der Waals surface area contributed by atoms with Crippen molar-refractivity contribution in [2.75, 3.05) is 0 Å². The molecule has 13 aromatic rings. The van der Waals surface area contributed by atoms with Gasteiger partial charge in [0, 0.05) is 33.2 Å². The lowest BCUT2D eigenvalue weighted by molar-refractivity contribution is 1.07. The van der Waals surface area contributed by atoms with Gasteiger partial charge in [0.2, 0.25) is 0 Å². The summed E-state index contributed by atoms with van der Waals surface area (Å²) in [6, 6.07) is 95.8. The molecule has 0 unspecified atom stereocenters. The molecular formula is C73H44N8Si. The van der Waals surface area contributed by atoms with Crippen molar-refractivity contribution < 1.29 is 0 Å². The largest absolute Gasteiger partial charge is 0.309 e. The Morgan fingerprint density at radius 3 is 1.26 bits per heavy atom. The number of aromatic nitrogens is 4. The monoisotopic (exact) mass is 1060 g/mol. The minimum Gasteiger partial charge on any atom is -0.309 e. The Hall–Kier alpha value is -11.6. The van der Waals surface area contributed by atoms with E-state index in [4.69, 9.17) is 28.1 Å². The molecule has 13 rings (SSSR count). The van der Waals surface area contributed by atoms with Crippen LogP contribution in [-0.2, 0) is 0 Å². The van der Waals surface area contributed by atoms with Crippen LogP contribution in [0.15, 0.2) is 267 Å². The molecule has 380 valence electrons. The summed E-state index contributed by atoms with van der Waals surface area (Å²) in [6.45, 7) is 15.8. The maximum atomic E-state index is 10.1. The van der Waals surface area contributed by atoms with Gasteiger partial charge < -0.3 is 4.57 Å². The molecule has 0 saturated carbocycles. The molecule has 0 bridgehead atoms. The summed E-state index contributed by atoms with van der Waals surface area (Å²) in [4.78, 5) is 23.2. The second-order valence-corrected chi connectivity index (χ2v) is 23.8. The van der Waals surface area contributed by atoms with Gasteiger partial charge in [-0.3, -0.25) is 0 Å². The number of nitriles is 2. The normalized spacial score (nSPS) is 11.1. The van der Waals surface area contributed by atoms with E-state index < -0.39 is 8.07 Å². The Labute approximate surface area is 475 Å². The van der Waals surface area contributed by atoms with Crippen molar-refractivity contribution >= 4 is 62.0 Å². The minimum atomic E-state index is -3.03. The molecule has 2 aromatic heterocycles. The lowest BCUT2D eigenvalue weighted by Crippen LogP contribution is -2.74. The zero-order valence-electron chi connectivity index (χ0n) is 44.0. The molecule has 82 heavy (non-hydrogen) atoms. The van der Waals surface area contributed by atoms with E-state index in [1.54, 1.807) is 12.1 Å². The lowest BCUT2D eigenvalue weighted by Gasteiger charge is -2.34. The smallest absolute Gasteiger partial charge is 0.179 e. The van der Waals surface area contributed by atoms with Crippen LogP contribution in [0.5, 0.6) is 0 Å². The fourth-order valence-corrected chi connectivity index (χ4v) is 16.3. The number of rotatable bonds is 11. The maximum Gasteiger partial charge on any atom is 0.179 e. The van der Waals surface area contributed by atoms with E-state index in [2.05, 4.69) is 184 Å². The molecule has 9 heteroatoms. The number of benzene rings is 11. The second-order valence-electron chi connectivity index (χ2n) is 20.0. The van der Waals surface area contributed by atoms with Crippen LogP contribution in [0.1, 0.15) is 11.1 Å². The summed E-state index contributed by atoms with van der Waals surface area (Å²) in [5.74, 6) is 1.59. The highest BCUT2D eigenvalue weighted by atomic mass is 28.3. The number of hydrogen-bond acceptors (Lipinski definition) is 5. The quantitative estimate of drug-likeness (QED) is 0.0730. The Bertz CT molecular complexity index is 4430. The van der Waals surface area contributed by atoms with Gasteiger partial charge in [-0.25, -0.2) is 24.6 Å². The summed E-state index contributed by atoms with van der Waals surface area (Å²) >= 11 is 0. The summed E-state index contributed by atoms with van der Waals surface area (Å²) in [6.07, 6.45) is 0. The fourth-order valence-electron chi connectivity index (χ4n) is 11.5. The van der Waals surface area contributed by atoms with Gasteiger partial charge >= 0.3 is 0 Å². The molecule has 0 N–H and O–H groups in total. The third kappa shape index (κ3) is 9.04. The average Bonchev–Trinajstić information content (AvgIpc) is 2.46. The van der Waals surface area contributed by atoms with Crippen LogP contribution in [0.25, 0.3) is 105 Å². The van der Waals surface area contributed by atoms with Crippen LogP contribution in [0.2, 0.25) is 0 Å². The highest BCUT2D eigenvalue weighted by molar-refractivity contribution is 7.19. The molecular weight excluding hydrogens is 1020 g/mol. The molecule has 0 atom stereocenters. The highest BCUT2D eigenvalue weighted by Gasteiger charge is 2.41. The SMILES string of the molecule is [C-]#[N+]c1cc([N+]#[C-])cc(-c2ccc3c4ccc(-c5cc(C#N)cc(C#N)c5)cc4n(-c4ccc(-c5nc(-c6ccccc6)nc(-c6ccccc6)n5)c(-c5cccc([Si](c6ccccc6)(c6ccccc6)c6ccccc6)c5)c4)c3c2)c1. The van der Waals surface area contributed by atoms with Crippen molar-refractivity contribution in [3.8, 4) is 85.4 Å². The maximum absolute atomic E-state index is 10.1. The van der Waals surface area contributed by atoms with E-state index in [-0.39, 0.29) is 0 Å². The van der Waals surface area contributed by atoms with Crippen LogP contribution in [0, 0.1) is 35.8 Å². The van der Waals surface area contributed by atoms with E-state index in [1.807, 2.05) is 97.1 Å². The van der Waals surface area contributed by atoms with Crippen molar-refractivity contribution in [3.05, 3.63) is 301 Å². The van der Waals surface area contributed by atoms with Gasteiger partial charge in [-0.05, 0) is 103 Å². The van der Waals surface area contributed by atoms with Gasteiger partial charge in [-0.2, -0.15) is 10.5 Å². The first kappa shape index (κ1) is 49.9. The topological polar surface area (TPSA) is 99.9 Å². The third-order valence-electron chi connectivity index (χ3n) is 15.2. The zero-order valence-corrected chi connectivity index (χ0v) is 45.0. The van der Waals surface area contributed by atoms with Crippen LogP contribution < -0.4 is 20.7 Å². The Balaban J connectivity index is 1.12. The molecule has 0 radical (unpaired) electrons. The zero-order chi connectivity index (χ0) is 55.6. The van der Waals surface area contributed by atoms with Gasteiger partial charge in [-0.1, -0.05) is 218 Å². The van der Waals surface area contributed by atoms with Crippen LogP contribution >= 0.6 is 0 Å². The summed E-state index contributed by atoms with van der Waals surface area (Å²) in [7, 11) is -3.03. The Morgan fingerprint density at radius 2 is 0.780 bits per heavy atom. The van der Waals surface area contributed by atoms with Crippen LogP contribution in [0.3, 0.4) is 0 Å². The number of hydrogen-bond donors (Lipinski definition) is 0. The molecule has 0 aliphatic heterocycles. The molecule has 0 aliphatic carbocycles. The van der Waals surface area contributed by atoms with E-state index in [9.17, 15) is 10.5 Å². The summed E-state index contributed by atoms with van der Waals surface area (Å²) in [5, 5.41) is 27.1. The van der Waals surface area contributed by atoms with Gasteiger partial charge in [0.05, 0.1) is 47.4 Å². The predicted octanol–water partition coefficient (Wildman–Crippen LogP) is 15.2. The van der Waals surface area contributed by atoms with Crippen molar-refractivity contribution in [2.45, 2.75) is 0 Å². The predicted molar refractivity (Wildman–Crippen MR) is 332 cm³/mol. The van der Waals surface area contributed by atoms with Crippen molar-refractivity contribution in [2.24, 2.45) is 0 Å². The molecule has 0 aliphatic rings. The average molecular weight is 1060 g/mol. The minimum absolute atomic E-state index is 0.385.